The zero-order valence-corrected chi connectivity index (χ0v) is 21.8. The number of pyridine rings is 1. The van der Waals surface area contributed by atoms with Crippen LogP contribution in [0.15, 0.2) is 41.4 Å². The number of fused-ring (bicyclic) bond motifs is 1. The SMILES string of the molecule is CN=CC(=C(C)N)c1cc2c(cn1)CN(c1c(F)c(OC)cc(OC)c1F)C(=O)N2Cc1cnn(CC#N)c1. The van der Waals surface area contributed by atoms with E-state index in [2.05, 4.69) is 15.1 Å². The zero-order chi connectivity index (χ0) is 28.3. The number of allylic oxidation sites excluding steroid dienone is 2. The molecule has 0 spiro atoms. The van der Waals surface area contributed by atoms with Crippen molar-refractivity contribution >= 4 is 29.2 Å². The molecule has 11 nitrogen and oxygen atoms in total. The fourth-order valence-electron chi connectivity index (χ4n) is 4.25. The maximum absolute atomic E-state index is 15.4. The van der Waals surface area contributed by atoms with Crippen LogP contribution in [0.4, 0.5) is 25.0 Å². The van der Waals surface area contributed by atoms with Crippen molar-refractivity contribution in [1.82, 2.24) is 14.8 Å². The highest BCUT2D eigenvalue weighted by molar-refractivity contribution is 6.11. The van der Waals surface area contributed by atoms with E-state index in [1.165, 1.54) is 36.2 Å². The van der Waals surface area contributed by atoms with E-state index >= 15 is 8.78 Å². The summed E-state index contributed by atoms with van der Waals surface area (Å²) >= 11 is 0. The van der Waals surface area contributed by atoms with E-state index < -0.39 is 23.4 Å². The summed E-state index contributed by atoms with van der Waals surface area (Å²) in [7, 11) is 4.06. The van der Waals surface area contributed by atoms with Gasteiger partial charge < -0.3 is 15.2 Å². The van der Waals surface area contributed by atoms with Gasteiger partial charge in [-0.1, -0.05) is 0 Å². The van der Waals surface area contributed by atoms with Gasteiger partial charge in [0, 0.05) is 54.1 Å². The van der Waals surface area contributed by atoms with Gasteiger partial charge in [0.2, 0.25) is 0 Å². The lowest BCUT2D eigenvalue weighted by atomic mass is 10.0. The van der Waals surface area contributed by atoms with Crippen LogP contribution in [0.25, 0.3) is 5.57 Å². The molecule has 0 unspecified atom stereocenters. The number of nitrogens with two attached hydrogens (primary N) is 1. The zero-order valence-electron chi connectivity index (χ0n) is 21.8. The number of rotatable bonds is 8. The molecule has 202 valence electrons. The van der Waals surface area contributed by atoms with Crippen molar-refractivity contribution in [1.29, 1.82) is 5.26 Å². The summed E-state index contributed by atoms with van der Waals surface area (Å²) in [6.45, 7) is 1.53. The molecule has 0 saturated carbocycles. The van der Waals surface area contributed by atoms with Gasteiger partial charge in [-0.25, -0.2) is 13.6 Å². The lowest BCUT2D eigenvalue weighted by molar-refractivity contribution is 0.249. The van der Waals surface area contributed by atoms with Gasteiger partial charge in [0.1, 0.15) is 12.2 Å². The number of amides is 2. The molecule has 1 aliphatic heterocycles. The molecule has 1 aromatic carbocycles. The van der Waals surface area contributed by atoms with Gasteiger partial charge in [0.15, 0.2) is 23.1 Å². The Kier molecular flexibility index (Phi) is 7.75. The van der Waals surface area contributed by atoms with Crippen LogP contribution in [0.5, 0.6) is 11.5 Å². The Hall–Kier alpha value is -4.99. The number of carbonyl (C=O) groups excluding carboxylic acids is 1. The van der Waals surface area contributed by atoms with Crippen LogP contribution in [-0.2, 0) is 19.6 Å². The van der Waals surface area contributed by atoms with Crippen LogP contribution in [-0.4, -0.2) is 48.3 Å². The van der Waals surface area contributed by atoms with E-state index in [9.17, 15) is 4.79 Å². The first-order valence-corrected chi connectivity index (χ1v) is 11.7. The molecule has 2 amide bonds. The second kappa shape index (κ2) is 11.2. The van der Waals surface area contributed by atoms with Crippen molar-refractivity contribution in [3.8, 4) is 17.6 Å². The van der Waals surface area contributed by atoms with Crippen molar-refractivity contribution < 1.29 is 23.0 Å². The molecule has 1 aliphatic rings. The Balaban J connectivity index is 1.89. The van der Waals surface area contributed by atoms with Gasteiger partial charge in [-0.2, -0.15) is 10.4 Å². The predicted octanol–water partition coefficient (Wildman–Crippen LogP) is 3.63. The second-order valence-electron chi connectivity index (χ2n) is 8.60. The normalized spacial score (nSPS) is 13.8. The van der Waals surface area contributed by atoms with E-state index in [1.807, 2.05) is 6.07 Å². The van der Waals surface area contributed by atoms with E-state index in [0.717, 1.165) is 11.0 Å². The fourth-order valence-corrected chi connectivity index (χ4v) is 4.25. The van der Waals surface area contributed by atoms with E-state index in [1.54, 1.807) is 32.4 Å². The van der Waals surface area contributed by atoms with Gasteiger partial charge in [-0.3, -0.25) is 24.5 Å². The Morgan fingerprint density at radius 2 is 1.92 bits per heavy atom. The standard InChI is InChI=1S/C26H26F2N8O3/c1-15(30)18(11-31-2)19-7-20-17(10-32-19)14-36(25-23(27)21(38-3)8-22(39-4)24(25)28)26(37)35(20)13-16-9-33-34(12-16)6-5-29/h7-12H,6,13-14,30H2,1-4H3. The maximum atomic E-state index is 15.4. The average molecular weight is 537 g/mol. The molecular weight excluding hydrogens is 510 g/mol. The van der Waals surface area contributed by atoms with Crippen molar-refractivity contribution in [2.75, 3.05) is 31.1 Å². The number of hydrogen-bond donors (Lipinski definition) is 1. The molecule has 0 atom stereocenters. The Morgan fingerprint density at radius 1 is 1.23 bits per heavy atom. The smallest absolute Gasteiger partial charge is 0.329 e. The van der Waals surface area contributed by atoms with Crippen molar-refractivity contribution in [2.45, 2.75) is 26.6 Å². The highest BCUT2D eigenvalue weighted by atomic mass is 19.1. The summed E-state index contributed by atoms with van der Waals surface area (Å²) in [5, 5.41) is 13.1. The minimum atomic E-state index is -1.05. The quantitative estimate of drug-likeness (QED) is 0.434. The number of nitrogens with zero attached hydrogens (tertiary/aromatic N) is 7. The average Bonchev–Trinajstić information content (AvgIpc) is 3.36. The first kappa shape index (κ1) is 27.1. The Bertz CT molecular complexity index is 1490. The molecule has 0 saturated heterocycles. The number of halogens is 2. The largest absolute Gasteiger partial charge is 0.493 e. The lowest BCUT2D eigenvalue weighted by Crippen LogP contribution is -2.47. The molecule has 3 heterocycles. The Morgan fingerprint density at radius 3 is 2.51 bits per heavy atom. The summed E-state index contributed by atoms with van der Waals surface area (Å²) in [4.78, 5) is 24.8. The molecule has 0 aliphatic carbocycles. The molecule has 0 fully saturated rings. The molecule has 2 aromatic heterocycles. The van der Waals surface area contributed by atoms with Gasteiger partial charge in [-0.05, 0) is 13.0 Å². The van der Waals surface area contributed by atoms with Gasteiger partial charge in [-0.15, -0.1) is 0 Å². The van der Waals surface area contributed by atoms with Gasteiger partial charge in [0.05, 0.1) is 51.0 Å². The van der Waals surface area contributed by atoms with Crippen LogP contribution in [0.2, 0.25) is 0 Å². The molecule has 2 N–H and O–H groups in total. The number of ether oxygens (including phenoxy) is 2. The fraction of sp³-hybridized carbons (Fsp3) is 0.269. The molecule has 13 heteroatoms. The van der Waals surface area contributed by atoms with E-state index in [-0.39, 0.29) is 31.1 Å². The van der Waals surface area contributed by atoms with Crippen LogP contribution >= 0.6 is 0 Å². The van der Waals surface area contributed by atoms with Crippen molar-refractivity contribution in [2.24, 2.45) is 10.7 Å². The number of aromatic nitrogens is 3. The highest BCUT2D eigenvalue weighted by Crippen LogP contribution is 2.41. The number of carbonyl (C=O) groups is 1. The third kappa shape index (κ3) is 5.08. The van der Waals surface area contributed by atoms with Crippen LogP contribution in [0, 0.1) is 23.0 Å². The minimum Gasteiger partial charge on any atom is -0.493 e. The number of methoxy groups -OCH3 is 2. The molecule has 4 rings (SSSR count). The van der Waals surface area contributed by atoms with Crippen molar-refractivity contribution in [3.05, 3.63) is 64.9 Å². The second-order valence-corrected chi connectivity index (χ2v) is 8.60. The van der Waals surface area contributed by atoms with E-state index in [4.69, 9.17) is 20.5 Å². The first-order valence-electron chi connectivity index (χ1n) is 11.7. The third-order valence-electron chi connectivity index (χ3n) is 6.08. The monoisotopic (exact) mass is 536 g/mol. The lowest BCUT2D eigenvalue weighted by Gasteiger charge is -2.37. The van der Waals surface area contributed by atoms with Crippen LogP contribution in [0.1, 0.15) is 23.7 Å². The maximum Gasteiger partial charge on any atom is 0.329 e. The van der Waals surface area contributed by atoms with Gasteiger partial charge in [0.25, 0.3) is 0 Å². The summed E-state index contributed by atoms with van der Waals surface area (Å²) in [6.07, 6.45) is 6.21. The first-order chi connectivity index (χ1) is 18.7. The summed E-state index contributed by atoms with van der Waals surface area (Å²) in [5.74, 6) is -2.68. The molecule has 0 bridgehead atoms. The molecular formula is C26H26F2N8O3. The number of benzene rings is 1. The number of urea groups is 1. The molecule has 3 aromatic rings. The number of aliphatic imine (C=N–C) groups is 1. The summed E-state index contributed by atoms with van der Waals surface area (Å²) in [5.41, 5.74) is 8.50. The van der Waals surface area contributed by atoms with Crippen LogP contribution < -0.4 is 25.0 Å². The van der Waals surface area contributed by atoms with Crippen LogP contribution in [0.3, 0.4) is 0 Å². The minimum absolute atomic E-state index is 0.00984. The summed E-state index contributed by atoms with van der Waals surface area (Å²) in [6, 6.07) is 4.04. The topological polar surface area (TPSA) is 135 Å². The number of nitriles is 1. The van der Waals surface area contributed by atoms with Gasteiger partial charge >= 0.3 is 6.03 Å². The highest BCUT2D eigenvalue weighted by Gasteiger charge is 2.37. The van der Waals surface area contributed by atoms with Crippen molar-refractivity contribution in [3.63, 3.8) is 0 Å². The number of anilines is 2. The molecule has 0 radical (unpaired) electrons. The molecule has 39 heavy (non-hydrogen) atoms. The Labute approximate surface area is 223 Å². The summed E-state index contributed by atoms with van der Waals surface area (Å²) < 4.78 is 42.4. The number of hydrogen-bond acceptors (Lipinski definition) is 8. The third-order valence-corrected chi connectivity index (χ3v) is 6.08. The predicted molar refractivity (Wildman–Crippen MR) is 140 cm³/mol. The van der Waals surface area contributed by atoms with E-state index in [0.29, 0.717) is 33.8 Å².